The highest BCUT2D eigenvalue weighted by molar-refractivity contribution is 5.68. The molecule has 0 heterocycles. The SMILES string of the molecule is CC(Cc1ccc(F)cc1)NCC(C)(C)NC(=O)OC(C)(C)C. The van der Waals surface area contributed by atoms with Crippen molar-refractivity contribution in [3.05, 3.63) is 35.6 Å². The maximum Gasteiger partial charge on any atom is 0.408 e. The molecule has 0 aliphatic rings. The minimum atomic E-state index is -0.510. The topological polar surface area (TPSA) is 50.4 Å². The van der Waals surface area contributed by atoms with E-state index in [4.69, 9.17) is 4.74 Å². The summed E-state index contributed by atoms with van der Waals surface area (Å²) in [7, 11) is 0. The summed E-state index contributed by atoms with van der Waals surface area (Å²) >= 11 is 0. The van der Waals surface area contributed by atoms with E-state index in [1.165, 1.54) is 12.1 Å². The van der Waals surface area contributed by atoms with Gasteiger partial charge in [-0.05, 0) is 65.7 Å². The fourth-order valence-corrected chi connectivity index (χ4v) is 2.10. The minimum absolute atomic E-state index is 0.208. The number of hydrogen-bond donors (Lipinski definition) is 2. The molecule has 0 fully saturated rings. The van der Waals surface area contributed by atoms with E-state index in [0.717, 1.165) is 12.0 Å². The average Bonchev–Trinajstić information content (AvgIpc) is 2.36. The van der Waals surface area contributed by atoms with Gasteiger partial charge in [0.15, 0.2) is 0 Å². The molecule has 0 saturated carbocycles. The van der Waals surface area contributed by atoms with Gasteiger partial charge >= 0.3 is 6.09 Å². The highest BCUT2D eigenvalue weighted by Gasteiger charge is 2.24. The Kier molecular flexibility index (Phi) is 6.57. The van der Waals surface area contributed by atoms with Crippen LogP contribution in [-0.4, -0.2) is 29.8 Å². The second kappa shape index (κ2) is 7.77. The fourth-order valence-electron chi connectivity index (χ4n) is 2.10. The van der Waals surface area contributed by atoms with Crippen molar-refractivity contribution in [2.75, 3.05) is 6.54 Å². The van der Waals surface area contributed by atoms with Gasteiger partial charge in [0.05, 0.1) is 5.54 Å². The summed E-state index contributed by atoms with van der Waals surface area (Å²) in [6.45, 7) is 12.1. The van der Waals surface area contributed by atoms with E-state index in [1.54, 1.807) is 12.1 Å². The van der Waals surface area contributed by atoms with Crippen molar-refractivity contribution in [3.63, 3.8) is 0 Å². The highest BCUT2D eigenvalue weighted by Crippen LogP contribution is 2.10. The molecule has 5 heteroatoms. The van der Waals surface area contributed by atoms with E-state index >= 15 is 0 Å². The Balaban J connectivity index is 2.42. The van der Waals surface area contributed by atoms with Crippen molar-refractivity contribution in [2.45, 2.75) is 65.1 Å². The number of amides is 1. The van der Waals surface area contributed by atoms with E-state index in [9.17, 15) is 9.18 Å². The van der Waals surface area contributed by atoms with Crippen molar-refractivity contribution in [1.29, 1.82) is 0 Å². The molecule has 130 valence electrons. The largest absolute Gasteiger partial charge is 0.444 e. The maximum absolute atomic E-state index is 12.9. The lowest BCUT2D eigenvalue weighted by molar-refractivity contribution is 0.0471. The van der Waals surface area contributed by atoms with Crippen molar-refractivity contribution in [1.82, 2.24) is 10.6 Å². The maximum atomic E-state index is 12.9. The molecule has 4 nitrogen and oxygen atoms in total. The molecule has 0 spiro atoms. The highest BCUT2D eigenvalue weighted by atomic mass is 19.1. The third-order valence-corrected chi connectivity index (χ3v) is 3.19. The van der Waals surface area contributed by atoms with E-state index in [-0.39, 0.29) is 11.9 Å². The Morgan fingerprint density at radius 2 is 1.74 bits per heavy atom. The third-order valence-electron chi connectivity index (χ3n) is 3.19. The van der Waals surface area contributed by atoms with Crippen molar-refractivity contribution in [3.8, 4) is 0 Å². The minimum Gasteiger partial charge on any atom is -0.444 e. The van der Waals surface area contributed by atoms with Crippen LogP contribution in [-0.2, 0) is 11.2 Å². The van der Waals surface area contributed by atoms with Crippen LogP contribution in [0.5, 0.6) is 0 Å². The second-order valence-electron chi connectivity index (χ2n) is 7.62. The van der Waals surface area contributed by atoms with Crippen molar-refractivity contribution in [2.24, 2.45) is 0 Å². The van der Waals surface area contributed by atoms with Gasteiger partial charge in [0.2, 0.25) is 0 Å². The summed E-state index contributed by atoms with van der Waals surface area (Å²) < 4.78 is 18.2. The van der Waals surface area contributed by atoms with Gasteiger partial charge in [-0.25, -0.2) is 9.18 Å². The quantitative estimate of drug-likeness (QED) is 0.840. The van der Waals surface area contributed by atoms with Crippen LogP contribution in [0.1, 0.15) is 47.1 Å². The van der Waals surface area contributed by atoms with Crippen LogP contribution in [0.4, 0.5) is 9.18 Å². The zero-order chi connectivity index (χ0) is 17.7. The van der Waals surface area contributed by atoms with Crippen LogP contribution in [0, 0.1) is 5.82 Å². The fraction of sp³-hybridized carbons (Fsp3) is 0.611. The van der Waals surface area contributed by atoms with Gasteiger partial charge in [-0.1, -0.05) is 12.1 Å². The molecule has 1 aromatic carbocycles. The molecule has 0 radical (unpaired) electrons. The molecule has 0 bridgehead atoms. The first-order chi connectivity index (χ1) is 10.5. The number of rotatable bonds is 6. The summed E-state index contributed by atoms with van der Waals surface area (Å²) in [6, 6.07) is 6.72. The third kappa shape index (κ3) is 8.55. The average molecular weight is 324 g/mol. The molecule has 1 aromatic rings. The molecular weight excluding hydrogens is 295 g/mol. The molecular formula is C18H29FN2O2. The molecule has 0 aliphatic carbocycles. The van der Waals surface area contributed by atoms with Crippen LogP contribution in [0.15, 0.2) is 24.3 Å². The first kappa shape index (κ1) is 19.4. The van der Waals surface area contributed by atoms with Crippen LogP contribution in [0.3, 0.4) is 0 Å². The Bertz CT molecular complexity index is 507. The summed E-state index contributed by atoms with van der Waals surface area (Å²) in [5.74, 6) is -0.225. The number of nitrogens with one attached hydrogen (secondary N) is 2. The van der Waals surface area contributed by atoms with Gasteiger partial charge in [-0.15, -0.1) is 0 Å². The summed E-state index contributed by atoms with van der Waals surface area (Å²) in [5, 5.41) is 6.26. The number of benzene rings is 1. The lowest BCUT2D eigenvalue weighted by atomic mass is 10.0. The van der Waals surface area contributed by atoms with Crippen LogP contribution >= 0.6 is 0 Å². The zero-order valence-electron chi connectivity index (χ0n) is 15.0. The molecule has 1 atom stereocenters. The summed E-state index contributed by atoms with van der Waals surface area (Å²) in [6.07, 6.45) is 0.374. The van der Waals surface area contributed by atoms with E-state index in [0.29, 0.717) is 6.54 Å². The lowest BCUT2D eigenvalue weighted by Gasteiger charge is -2.30. The first-order valence-electron chi connectivity index (χ1n) is 7.96. The Morgan fingerprint density at radius 3 is 2.26 bits per heavy atom. The Morgan fingerprint density at radius 1 is 1.17 bits per heavy atom. The predicted molar refractivity (Wildman–Crippen MR) is 91.0 cm³/mol. The van der Waals surface area contributed by atoms with Gasteiger partial charge in [0.25, 0.3) is 0 Å². The molecule has 23 heavy (non-hydrogen) atoms. The monoisotopic (exact) mass is 324 g/mol. The van der Waals surface area contributed by atoms with Gasteiger partial charge in [-0.3, -0.25) is 0 Å². The van der Waals surface area contributed by atoms with Crippen molar-refractivity contribution >= 4 is 6.09 Å². The van der Waals surface area contributed by atoms with Gasteiger partial charge < -0.3 is 15.4 Å². The Labute approximate surface area is 138 Å². The first-order valence-corrected chi connectivity index (χ1v) is 7.96. The number of halogens is 1. The van der Waals surface area contributed by atoms with E-state index < -0.39 is 17.2 Å². The van der Waals surface area contributed by atoms with Crippen LogP contribution in [0.2, 0.25) is 0 Å². The van der Waals surface area contributed by atoms with Gasteiger partial charge in [-0.2, -0.15) is 0 Å². The molecule has 1 rings (SSSR count). The summed E-state index contributed by atoms with van der Waals surface area (Å²) in [4.78, 5) is 11.8. The van der Waals surface area contributed by atoms with Gasteiger partial charge in [0, 0.05) is 12.6 Å². The Hall–Kier alpha value is -1.62. The number of alkyl carbamates (subject to hydrolysis) is 1. The molecule has 2 N–H and O–H groups in total. The normalized spacial score (nSPS) is 13.5. The molecule has 1 unspecified atom stereocenters. The second-order valence-corrected chi connectivity index (χ2v) is 7.62. The predicted octanol–water partition coefficient (Wildman–Crippen LogP) is 3.65. The summed E-state index contributed by atoms with van der Waals surface area (Å²) in [5.41, 5.74) is 0.132. The molecule has 0 saturated heterocycles. The smallest absolute Gasteiger partial charge is 0.408 e. The van der Waals surface area contributed by atoms with E-state index in [2.05, 4.69) is 17.6 Å². The van der Waals surface area contributed by atoms with Crippen molar-refractivity contribution < 1.29 is 13.9 Å². The van der Waals surface area contributed by atoms with Crippen LogP contribution in [0.25, 0.3) is 0 Å². The molecule has 0 aliphatic heterocycles. The number of carbonyl (C=O) groups excluding carboxylic acids is 1. The number of ether oxygens (including phenoxy) is 1. The number of hydrogen-bond acceptors (Lipinski definition) is 3. The number of carbonyl (C=O) groups is 1. The lowest BCUT2D eigenvalue weighted by Crippen LogP contribution is -2.53. The zero-order valence-corrected chi connectivity index (χ0v) is 15.0. The van der Waals surface area contributed by atoms with Gasteiger partial charge in [0.1, 0.15) is 11.4 Å². The van der Waals surface area contributed by atoms with Crippen LogP contribution < -0.4 is 10.6 Å². The standard InChI is InChI=1S/C18H29FN2O2/c1-13(11-14-7-9-15(19)10-8-14)20-12-18(5,6)21-16(22)23-17(2,3)4/h7-10,13,20H,11-12H2,1-6H3,(H,21,22). The molecule has 1 amide bonds. The van der Waals surface area contributed by atoms with E-state index in [1.807, 2.05) is 34.6 Å². The molecule has 0 aromatic heterocycles.